The molecule has 1 saturated heterocycles. The summed E-state index contributed by atoms with van der Waals surface area (Å²) < 4.78 is 19.7. The van der Waals surface area contributed by atoms with Gasteiger partial charge in [0.15, 0.2) is 0 Å². The van der Waals surface area contributed by atoms with Gasteiger partial charge in [-0.15, -0.1) is 0 Å². The SMILES string of the molecule is O=C1NC(=S)S/C1=C\c1ccc(OCc2c(F)cccc2Cl)cc1. The first-order chi connectivity index (χ1) is 11.5. The van der Waals surface area contributed by atoms with Gasteiger partial charge < -0.3 is 10.1 Å². The molecule has 1 N–H and O–H groups in total. The van der Waals surface area contributed by atoms with Crippen LogP contribution in [0.1, 0.15) is 11.1 Å². The van der Waals surface area contributed by atoms with Gasteiger partial charge in [0.1, 0.15) is 22.5 Å². The van der Waals surface area contributed by atoms with Gasteiger partial charge in [-0.25, -0.2) is 4.39 Å². The maximum Gasteiger partial charge on any atom is 0.263 e. The Morgan fingerprint density at radius 2 is 2.00 bits per heavy atom. The van der Waals surface area contributed by atoms with Crippen LogP contribution in [-0.4, -0.2) is 10.2 Å². The number of rotatable bonds is 4. The summed E-state index contributed by atoms with van der Waals surface area (Å²) in [6.45, 7) is 0.0401. The van der Waals surface area contributed by atoms with Gasteiger partial charge in [-0.3, -0.25) is 4.79 Å². The summed E-state index contributed by atoms with van der Waals surface area (Å²) in [5, 5.41) is 2.89. The van der Waals surface area contributed by atoms with Crippen LogP contribution in [0.5, 0.6) is 5.75 Å². The van der Waals surface area contributed by atoms with E-state index in [1.807, 2.05) is 0 Å². The molecule has 1 fully saturated rings. The second-order valence-corrected chi connectivity index (χ2v) is 7.04. The van der Waals surface area contributed by atoms with Gasteiger partial charge in [0.25, 0.3) is 5.91 Å². The molecule has 3 nitrogen and oxygen atoms in total. The molecular weight excluding hydrogens is 369 g/mol. The molecule has 0 bridgehead atoms. The molecule has 2 aromatic carbocycles. The van der Waals surface area contributed by atoms with Crippen LogP contribution in [-0.2, 0) is 11.4 Å². The van der Waals surface area contributed by atoms with E-state index in [2.05, 4.69) is 5.32 Å². The second-order valence-electron chi connectivity index (χ2n) is 4.91. The fraction of sp³-hybridized carbons (Fsp3) is 0.0588. The van der Waals surface area contributed by atoms with Gasteiger partial charge in [0.2, 0.25) is 0 Å². The van der Waals surface area contributed by atoms with Crippen molar-refractivity contribution in [2.24, 2.45) is 0 Å². The van der Waals surface area contributed by atoms with Crippen molar-refractivity contribution in [3.8, 4) is 5.75 Å². The molecule has 0 saturated carbocycles. The van der Waals surface area contributed by atoms with E-state index in [9.17, 15) is 9.18 Å². The average molecular weight is 380 g/mol. The number of halogens is 2. The van der Waals surface area contributed by atoms with E-state index >= 15 is 0 Å². The lowest BCUT2D eigenvalue weighted by atomic mass is 10.2. The van der Waals surface area contributed by atoms with Gasteiger partial charge in [-0.1, -0.05) is 53.8 Å². The van der Waals surface area contributed by atoms with Gasteiger partial charge in [0.05, 0.1) is 9.93 Å². The number of hydrogen-bond donors (Lipinski definition) is 1. The fourth-order valence-electron chi connectivity index (χ4n) is 2.06. The van der Waals surface area contributed by atoms with Crippen LogP contribution in [0, 0.1) is 5.82 Å². The zero-order valence-corrected chi connectivity index (χ0v) is 14.6. The molecule has 0 spiro atoms. The largest absolute Gasteiger partial charge is 0.489 e. The molecule has 0 atom stereocenters. The van der Waals surface area contributed by atoms with Crippen molar-refractivity contribution in [3.63, 3.8) is 0 Å². The molecular formula is C17H11ClFNO2S2. The van der Waals surface area contributed by atoms with Crippen LogP contribution in [0.3, 0.4) is 0 Å². The third-order valence-electron chi connectivity index (χ3n) is 3.26. The van der Waals surface area contributed by atoms with E-state index in [-0.39, 0.29) is 12.5 Å². The van der Waals surface area contributed by atoms with Crippen LogP contribution in [0.4, 0.5) is 4.39 Å². The maximum atomic E-state index is 13.7. The third kappa shape index (κ3) is 3.95. The average Bonchev–Trinajstić information content (AvgIpc) is 2.86. The number of thiocarbonyl (C=S) groups is 1. The van der Waals surface area contributed by atoms with Gasteiger partial charge in [-0.2, -0.15) is 0 Å². The number of amides is 1. The number of carbonyl (C=O) groups excluding carboxylic acids is 1. The summed E-state index contributed by atoms with van der Waals surface area (Å²) in [6, 6.07) is 11.6. The minimum Gasteiger partial charge on any atom is -0.489 e. The first kappa shape index (κ1) is 17.0. The predicted octanol–water partition coefficient (Wildman–Crippen LogP) is 4.55. The van der Waals surface area contributed by atoms with Crippen molar-refractivity contribution in [2.45, 2.75) is 6.61 Å². The molecule has 7 heteroatoms. The summed E-state index contributed by atoms with van der Waals surface area (Å²) in [4.78, 5) is 12.2. The van der Waals surface area contributed by atoms with Crippen molar-refractivity contribution >= 4 is 51.9 Å². The molecule has 1 heterocycles. The molecule has 122 valence electrons. The standard InChI is InChI=1S/C17H11ClFNO2S2/c18-13-2-1-3-14(19)12(13)9-22-11-6-4-10(5-7-11)8-15-16(21)20-17(23)24-15/h1-8H,9H2,(H,20,21,23)/b15-8-. The van der Waals surface area contributed by atoms with Crippen LogP contribution in [0.2, 0.25) is 5.02 Å². The van der Waals surface area contributed by atoms with E-state index < -0.39 is 5.82 Å². The second kappa shape index (κ2) is 7.34. The number of carbonyl (C=O) groups is 1. The Bertz CT molecular complexity index is 817. The Morgan fingerprint density at radius 3 is 2.62 bits per heavy atom. The number of thioether (sulfide) groups is 1. The smallest absolute Gasteiger partial charge is 0.263 e. The van der Waals surface area contributed by atoms with Crippen molar-refractivity contribution < 1.29 is 13.9 Å². The molecule has 3 rings (SSSR count). The van der Waals surface area contributed by atoms with E-state index in [1.54, 1.807) is 42.5 Å². The number of nitrogens with one attached hydrogen (secondary N) is 1. The highest BCUT2D eigenvalue weighted by Crippen LogP contribution is 2.27. The molecule has 0 unspecified atom stereocenters. The van der Waals surface area contributed by atoms with Crippen LogP contribution < -0.4 is 10.1 Å². The molecule has 1 aliphatic rings. The molecule has 0 radical (unpaired) electrons. The summed E-state index contributed by atoms with van der Waals surface area (Å²) in [5.74, 6) is -0.0147. The Morgan fingerprint density at radius 1 is 1.25 bits per heavy atom. The molecule has 0 aliphatic carbocycles. The highest BCUT2D eigenvalue weighted by atomic mass is 35.5. The molecule has 0 aromatic heterocycles. The first-order valence-corrected chi connectivity index (χ1v) is 8.54. The lowest BCUT2D eigenvalue weighted by Gasteiger charge is -2.09. The minimum atomic E-state index is -0.399. The normalized spacial score (nSPS) is 15.7. The van der Waals surface area contributed by atoms with Crippen LogP contribution >= 0.6 is 35.6 Å². The number of hydrogen-bond acceptors (Lipinski definition) is 4. The zero-order chi connectivity index (χ0) is 17.1. The third-order valence-corrected chi connectivity index (χ3v) is 4.78. The highest BCUT2D eigenvalue weighted by Gasteiger charge is 2.21. The number of ether oxygens (including phenoxy) is 1. The molecule has 1 amide bonds. The maximum absolute atomic E-state index is 13.7. The van der Waals surface area contributed by atoms with Crippen LogP contribution in [0.15, 0.2) is 47.4 Å². The summed E-state index contributed by atoms with van der Waals surface area (Å²) in [7, 11) is 0. The van der Waals surface area contributed by atoms with Crippen molar-refractivity contribution in [1.82, 2.24) is 5.32 Å². The van der Waals surface area contributed by atoms with E-state index in [0.717, 1.165) is 5.56 Å². The predicted molar refractivity (Wildman–Crippen MR) is 98.5 cm³/mol. The quantitative estimate of drug-likeness (QED) is 0.625. The summed E-state index contributed by atoms with van der Waals surface area (Å²) in [6.07, 6.45) is 1.75. The van der Waals surface area contributed by atoms with Crippen molar-refractivity contribution in [2.75, 3.05) is 0 Å². The van der Waals surface area contributed by atoms with Gasteiger partial charge >= 0.3 is 0 Å². The molecule has 2 aromatic rings. The van der Waals surface area contributed by atoms with E-state index in [1.165, 1.54) is 17.8 Å². The Hall–Kier alpha value is -1.89. The lowest BCUT2D eigenvalue weighted by Crippen LogP contribution is -2.17. The highest BCUT2D eigenvalue weighted by molar-refractivity contribution is 8.26. The Kier molecular flexibility index (Phi) is 5.18. The van der Waals surface area contributed by atoms with Crippen molar-refractivity contribution in [3.05, 3.63) is 69.3 Å². The zero-order valence-electron chi connectivity index (χ0n) is 12.2. The van der Waals surface area contributed by atoms with E-state index in [4.69, 9.17) is 28.6 Å². The summed E-state index contributed by atoms with van der Waals surface area (Å²) in [5.41, 5.74) is 1.16. The van der Waals surface area contributed by atoms with Crippen molar-refractivity contribution in [1.29, 1.82) is 0 Å². The van der Waals surface area contributed by atoms with Gasteiger partial charge in [0, 0.05) is 5.56 Å². The summed E-state index contributed by atoms with van der Waals surface area (Å²) >= 11 is 12.1. The lowest BCUT2D eigenvalue weighted by molar-refractivity contribution is -0.115. The van der Waals surface area contributed by atoms with Crippen LogP contribution in [0.25, 0.3) is 6.08 Å². The topological polar surface area (TPSA) is 38.3 Å². The fourth-order valence-corrected chi connectivity index (χ4v) is 3.32. The number of benzene rings is 2. The minimum absolute atomic E-state index is 0.0401. The molecule has 1 aliphatic heterocycles. The van der Waals surface area contributed by atoms with E-state index in [0.29, 0.717) is 25.6 Å². The Balaban J connectivity index is 1.68. The monoisotopic (exact) mass is 379 g/mol. The van der Waals surface area contributed by atoms with Gasteiger partial charge in [-0.05, 0) is 35.9 Å². The first-order valence-electron chi connectivity index (χ1n) is 6.93. The Labute approximate surface area is 152 Å². The molecule has 24 heavy (non-hydrogen) atoms.